The molecule has 0 spiro atoms. The molecule has 2 N–H and O–H groups in total. The van der Waals surface area contributed by atoms with E-state index in [4.69, 9.17) is 0 Å². The van der Waals surface area contributed by atoms with Crippen molar-refractivity contribution in [1.82, 2.24) is 15.2 Å². The Morgan fingerprint density at radius 3 is 2.43 bits per heavy atom. The molecule has 0 saturated heterocycles. The molecule has 0 heterocycles. The van der Waals surface area contributed by atoms with Gasteiger partial charge in [0.25, 0.3) is 11.8 Å². The van der Waals surface area contributed by atoms with E-state index in [2.05, 4.69) is 10.9 Å². The number of sulfonamides is 1. The maximum absolute atomic E-state index is 13.1. The Hall–Kier alpha value is -3.04. The van der Waals surface area contributed by atoms with E-state index in [-0.39, 0.29) is 4.90 Å². The number of hydrazine groups is 1. The molecule has 0 aliphatic rings. The van der Waals surface area contributed by atoms with Crippen LogP contribution in [0, 0.1) is 12.7 Å². The SMILES string of the molecule is Cc1ccc(S(=O)(=O)N(C)CC(=O)NNC(=O)/C=C/c2cccc(F)c2)cc1. The van der Waals surface area contributed by atoms with Crippen LogP contribution in [0.5, 0.6) is 0 Å². The minimum atomic E-state index is -3.83. The molecule has 7 nitrogen and oxygen atoms in total. The van der Waals surface area contributed by atoms with E-state index in [0.29, 0.717) is 5.56 Å². The lowest BCUT2D eigenvalue weighted by molar-refractivity contribution is -0.126. The number of hydrogen-bond donors (Lipinski definition) is 2. The van der Waals surface area contributed by atoms with Gasteiger partial charge in [0.1, 0.15) is 5.82 Å². The summed E-state index contributed by atoms with van der Waals surface area (Å²) in [6, 6.07) is 11.9. The maximum Gasteiger partial charge on any atom is 0.262 e. The maximum atomic E-state index is 13.1. The summed E-state index contributed by atoms with van der Waals surface area (Å²) >= 11 is 0. The Balaban J connectivity index is 1.87. The van der Waals surface area contributed by atoms with Crippen molar-refractivity contribution in [3.8, 4) is 0 Å². The Kier molecular flexibility index (Phi) is 7.02. The van der Waals surface area contributed by atoms with Gasteiger partial charge in [-0.05, 0) is 42.8 Å². The van der Waals surface area contributed by atoms with Crippen molar-refractivity contribution >= 4 is 27.9 Å². The fraction of sp³-hybridized carbons (Fsp3) is 0.158. The summed E-state index contributed by atoms with van der Waals surface area (Å²) in [5.74, 6) is -1.80. The van der Waals surface area contributed by atoms with Crippen molar-refractivity contribution in [2.24, 2.45) is 0 Å². The first-order chi connectivity index (χ1) is 13.2. The summed E-state index contributed by atoms with van der Waals surface area (Å²) < 4.78 is 38.8. The van der Waals surface area contributed by atoms with Gasteiger partial charge >= 0.3 is 0 Å². The monoisotopic (exact) mass is 405 g/mol. The van der Waals surface area contributed by atoms with Crippen molar-refractivity contribution in [3.63, 3.8) is 0 Å². The highest BCUT2D eigenvalue weighted by Gasteiger charge is 2.22. The number of aryl methyl sites for hydroxylation is 1. The first-order valence-electron chi connectivity index (χ1n) is 8.24. The number of rotatable bonds is 6. The smallest absolute Gasteiger partial charge is 0.262 e. The summed E-state index contributed by atoms with van der Waals surface area (Å²) in [6.07, 6.45) is 2.49. The number of nitrogens with zero attached hydrogens (tertiary/aromatic N) is 1. The first-order valence-corrected chi connectivity index (χ1v) is 9.68. The topological polar surface area (TPSA) is 95.6 Å². The van der Waals surface area contributed by atoms with Crippen LogP contribution in [0.3, 0.4) is 0 Å². The van der Waals surface area contributed by atoms with Gasteiger partial charge in [0, 0.05) is 13.1 Å². The van der Waals surface area contributed by atoms with Gasteiger partial charge in [-0.2, -0.15) is 4.31 Å². The van der Waals surface area contributed by atoms with Crippen LogP contribution in [0.2, 0.25) is 0 Å². The van der Waals surface area contributed by atoms with Gasteiger partial charge in [0.2, 0.25) is 10.0 Å². The second-order valence-corrected chi connectivity index (χ2v) is 8.04. The number of likely N-dealkylation sites (N-methyl/N-ethyl adjacent to an activating group) is 1. The fourth-order valence-corrected chi connectivity index (χ4v) is 3.30. The van der Waals surface area contributed by atoms with Gasteiger partial charge in [0.05, 0.1) is 11.4 Å². The van der Waals surface area contributed by atoms with Crippen molar-refractivity contribution < 1.29 is 22.4 Å². The zero-order chi connectivity index (χ0) is 20.7. The molecular weight excluding hydrogens is 385 g/mol. The third-order valence-corrected chi connectivity index (χ3v) is 5.51. The molecule has 0 fully saturated rings. The van der Waals surface area contributed by atoms with Gasteiger partial charge in [-0.3, -0.25) is 20.4 Å². The number of carbonyl (C=O) groups excluding carboxylic acids is 2. The zero-order valence-electron chi connectivity index (χ0n) is 15.3. The Morgan fingerprint density at radius 2 is 1.79 bits per heavy atom. The molecule has 28 heavy (non-hydrogen) atoms. The molecule has 0 bridgehead atoms. The molecule has 2 aromatic rings. The first kappa shape index (κ1) is 21.3. The van der Waals surface area contributed by atoms with Crippen LogP contribution in [0.4, 0.5) is 4.39 Å². The minimum Gasteiger partial charge on any atom is -0.272 e. The summed E-state index contributed by atoms with van der Waals surface area (Å²) in [7, 11) is -2.57. The quantitative estimate of drug-likeness (QED) is 0.564. The van der Waals surface area contributed by atoms with E-state index >= 15 is 0 Å². The normalized spacial score (nSPS) is 11.6. The molecule has 0 aliphatic carbocycles. The van der Waals surface area contributed by atoms with Gasteiger partial charge in [-0.25, -0.2) is 12.8 Å². The molecule has 0 aliphatic heterocycles. The number of carbonyl (C=O) groups is 2. The van der Waals surface area contributed by atoms with Gasteiger partial charge < -0.3 is 0 Å². The standard InChI is InChI=1S/C19H20FN3O4S/c1-14-6-9-17(10-7-14)28(26,27)23(2)13-19(25)22-21-18(24)11-8-15-4-3-5-16(20)12-15/h3-12H,13H2,1-2H3,(H,21,24)(H,22,25)/b11-8+. The van der Waals surface area contributed by atoms with Crippen molar-refractivity contribution in [1.29, 1.82) is 0 Å². The van der Waals surface area contributed by atoms with Gasteiger partial charge in [-0.1, -0.05) is 29.8 Å². The number of benzene rings is 2. The Labute approximate surface area is 162 Å². The number of nitrogens with one attached hydrogen (secondary N) is 2. The van der Waals surface area contributed by atoms with E-state index in [1.54, 1.807) is 18.2 Å². The van der Waals surface area contributed by atoms with Crippen LogP contribution in [0.1, 0.15) is 11.1 Å². The van der Waals surface area contributed by atoms with Crippen LogP contribution in [-0.2, 0) is 19.6 Å². The Bertz CT molecular complexity index is 988. The molecule has 2 aromatic carbocycles. The molecule has 0 saturated carbocycles. The van der Waals surface area contributed by atoms with Crippen molar-refractivity contribution in [2.75, 3.05) is 13.6 Å². The van der Waals surface area contributed by atoms with Crippen molar-refractivity contribution in [3.05, 3.63) is 71.6 Å². The largest absolute Gasteiger partial charge is 0.272 e. The second-order valence-electron chi connectivity index (χ2n) is 6.00. The van der Waals surface area contributed by atoms with Gasteiger partial charge in [0.15, 0.2) is 0 Å². The fourth-order valence-electron chi connectivity index (χ4n) is 2.17. The number of hydrogen-bond acceptors (Lipinski definition) is 4. The molecule has 9 heteroatoms. The summed E-state index contributed by atoms with van der Waals surface area (Å²) in [4.78, 5) is 23.7. The number of amides is 2. The molecule has 2 amide bonds. The molecule has 0 unspecified atom stereocenters. The summed E-state index contributed by atoms with van der Waals surface area (Å²) in [6.45, 7) is 1.35. The molecule has 0 radical (unpaired) electrons. The van der Waals surface area contributed by atoms with E-state index in [1.165, 1.54) is 43.5 Å². The predicted octanol–water partition coefficient (Wildman–Crippen LogP) is 1.62. The highest BCUT2D eigenvalue weighted by Crippen LogP contribution is 2.14. The van der Waals surface area contributed by atoms with Crippen LogP contribution in [-0.4, -0.2) is 38.1 Å². The average molecular weight is 405 g/mol. The molecule has 148 valence electrons. The molecule has 2 rings (SSSR count). The van der Waals surface area contributed by atoms with Crippen LogP contribution in [0.25, 0.3) is 6.08 Å². The second kappa shape index (κ2) is 9.25. The van der Waals surface area contributed by atoms with E-state index in [0.717, 1.165) is 15.9 Å². The third kappa shape index (κ3) is 6.00. The lowest BCUT2D eigenvalue weighted by Crippen LogP contribution is -2.46. The zero-order valence-corrected chi connectivity index (χ0v) is 16.2. The van der Waals surface area contributed by atoms with Crippen LogP contribution >= 0.6 is 0 Å². The van der Waals surface area contributed by atoms with E-state index < -0.39 is 34.2 Å². The number of halogens is 1. The highest BCUT2D eigenvalue weighted by atomic mass is 32.2. The molecule has 0 atom stereocenters. The lowest BCUT2D eigenvalue weighted by atomic mass is 10.2. The van der Waals surface area contributed by atoms with Gasteiger partial charge in [-0.15, -0.1) is 0 Å². The average Bonchev–Trinajstić information content (AvgIpc) is 2.65. The van der Waals surface area contributed by atoms with E-state index in [1.807, 2.05) is 6.92 Å². The van der Waals surface area contributed by atoms with Crippen molar-refractivity contribution in [2.45, 2.75) is 11.8 Å². The third-order valence-electron chi connectivity index (χ3n) is 3.70. The predicted molar refractivity (Wildman–Crippen MR) is 103 cm³/mol. The lowest BCUT2D eigenvalue weighted by Gasteiger charge is -2.17. The van der Waals surface area contributed by atoms with Crippen LogP contribution in [0.15, 0.2) is 59.5 Å². The Morgan fingerprint density at radius 1 is 1.11 bits per heavy atom. The molecular formula is C19H20FN3O4S. The summed E-state index contributed by atoms with van der Waals surface area (Å²) in [5.41, 5.74) is 5.64. The summed E-state index contributed by atoms with van der Waals surface area (Å²) in [5, 5.41) is 0. The minimum absolute atomic E-state index is 0.0652. The van der Waals surface area contributed by atoms with E-state index in [9.17, 15) is 22.4 Å². The van der Waals surface area contributed by atoms with Crippen LogP contribution < -0.4 is 10.9 Å². The molecule has 0 aromatic heterocycles. The highest BCUT2D eigenvalue weighted by molar-refractivity contribution is 7.89.